The van der Waals surface area contributed by atoms with Gasteiger partial charge in [0.1, 0.15) is 17.1 Å². The smallest absolute Gasteiger partial charge is 0.182 e. The molecule has 150 valence electrons. The SMILES string of the molecule is Cc1ccc(-c2nnc(-c3ccc(C)cc3C)c(-c3ccc(C)cc3O)n2)c(C)c1. The van der Waals surface area contributed by atoms with Crippen LogP contribution in [0.2, 0.25) is 0 Å². The van der Waals surface area contributed by atoms with Crippen molar-refractivity contribution in [1.29, 1.82) is 0 Å². The van der Waals surface area contributed by atoms with Gasteiger partial charge in [-0.15, -0.1) is 10.2 Å². The maximum atomic E-state index is 10.7. The molecule has 0 aliphatic heterocycles. The number of nitrogens with zero attached hydrogens (tertiary/aromatic N) is 3. The lowest BCUT2D eigenvalue weighted by atomic mass is 9.98. The average molecular weight is 396 g/mol. The van der Waals surface area contributed by atoms with E-state index in [1.807, 2.05) is 44.2 Å². The summed E-state index contributed by atoms with van der Waals surface area (Å²) < 4.78 is 0. The Hall–Kier alpha value is -3.53. The largest absolute Gasteiger partial charge is 0.507 e. The van der Waals surface area contributed by atoms with Crippen molar-refractivity contribution in [1.82, 2.24) is 15.2 Å². The van der Waals surface area contributed by atoms with Crippen molar-refractivity contribution in [2.75, 3.05) is 0 Å². The highest BCUT2D eigenvalue weighted by Crippen LogP contribution is 2.37. The molecule has 1 aromatic heterocycles. The number of phenolic OH excluding ortho intramolecular Hbond substituents is 1. The predicted molar refractivity (Wildman–Crippen MR) is 121 cm³/mol. The third kappa shape index (κ3) is 3.69. The van der Waals surface area contributed by atoms with Crippen LogP contribution in [0, 0.1) is 34.6 Å². The van der Waals surface area contributed by atoms with Crippen LogP contribution in [-0.2, 0) is 0 Å². The molecule has 0 atom stereocenters. The topological polar surface area (TPSA) is 58.9 Å². The first-order valence-corrected chi connectivity index (χ1v) is 10.0. The summed E-state index contributed by atoms with van der Waals surface area (Å²) in [5.74, 6) is 0.740. The second-order valence-corrected chi connectivity index (χ2v) is 7.99. The van der Waals surface area contributed by atoms with Gasteiger partial charge in [-0.1, -0.05) is 53.6 Å². The van der Waals surface area contributed by atoms with Gasteiger partial charge in [0.15, 0.2) is 5.82 Å². The molecule has 1 heterocycles. The maximum absolute atomic E-state index is 10.7. The van der Waals surface area contributed by atoms with E-state index in [9.17, 15) is 5.11 Å². The molecule has 0 bridgehead atoms. The number of aromatic hydroxyl groups is 1. The Kier molecular flexibility index (Phi) is 5.08. The normalized spacial score (nSPS) is 11.0. The molecule has 0 saturated heterocycles. The quantitative estimate of drug-likeness (QED) is 0.454. The zero-order chi connectivity index (χ0) is 21.4. The summed E-state index contributed by atoms with van der Waals surface area (Å²) >= 11 is 0. The summed E-state index contributed by atoms with van der Waals surface area (Å²) in [6.45, 7) is 10.2. The number of rotatable bonds is 3. The van der Waals surface area contributed by atoms with Gasteiger partial charge in [0.2, 0.25) is 0 Å². The predicted octanol–water partition coefficient (Wildman–Crippen LogP) is 6.12. The van der Waals surface area contributed by atoms with E-state index in [1.54, 1.807) is 6.07 Å². The molecule has 0 aliphatic carbocycles. The fourth-order valence-corrected chi connectivity index (χ4v) is 3.79. The molecule has 30 heavy (non-hydrogen) atoms. The van der Waals surface area contributed by atoms with E-state index in [4.69, 9.17) is 4.98 Å². The van der Waals surface area contributed by atoms with E-state index in [1.165, 1.54) is 11.1 Å². The molecule has 0 fully saturated rings. The zero-order valence-electron chi connectivity index (χ0n) is 18.0. The second-order valence-electron chi connectivity index (χ2n) is 7.99. The average Bonchev–Trinajstić information content (AvgIpc) is 2.68. The van der Waals surface area contributed by atoms with Crippen LogP contribution in [0.3, 0.4) is 0 Å². The highest BCUT2D eigenvalue weighted by molar-refractivity contribution is 5.83. The van der Waals surface area contributed by atoms with Crippen LogP contribution < -0.4 is 0 Å². The summed E-state index contributed by atoms with van der Waals surface area (Å²) in [5, 5.41) is 19.8. The first-order valence-electron chi connectivity index (χ1n) is 10.0. The molecule has 4 aromatic rings. The van der Waals surface area contributed by atoms with Crippen LogP contribution in [0.25, 0.3) is 33.9 Å². The second kappa shape index (κ2) is 7.71. The van der Waals surface area contributed by atoms with Gasteiger partial charge in [0.25, 0.3) is 0 Å². The lowest BCUT2D eigenvalue weighted by Gasteiger charge is -2.14. The molecule has 0 radical (unpaired) electrons. The van der Waals surface area contributed by atoms with E-state index < -0.39 is 0 Å². The molecule has 4 rings (SSSR count). The van der Waals surface area contributed by atoms with E-state index in [0.717, 1.165) is 27.8 Å². The van der Waals surface area contributed by atoms with E-state index in [2.05, 4.69) is 49.2 Å². The van der Waals surface area contributed by atoms with Gasteiger partial charge in [-0.05, 0) is 63.4 Å². The molecule has 0 aliphatic rings. The number of hydrogen-bond acceptors (Lipinski definition) is 4. The Morgan fingerprint density at radius 3 is 1.67 bits per heavy atom. The van der Waals surface area contributed by atoms with Crippen LogP contribution in [0.4, 0.5) is 0 Å². The molecule has 0 saturated carbocycles. The molecule has 3 aromatic carbocycles. The van der Waals surface area contributed by atoms with Crippen LogP contribution in [-0.4, -0.2) is 20.3 Å². The van der Waals surface area contributed by atoms with Crippen molar-refractivity contribution in [3.05, 3.63) is 82.4 Å². The van der Waals surface area contributed by atoms with E-state index >= 15 is 0 Å². The summed E-state index contributed by atoms with van der Waals surface area (Å²) in [5.41, 5.74) is 9.39. The molecule has 0 amide bonds. The molecule has 1 N–H and O–H groups in total. The third-order valence-corrected chi connectivity index (χ3v) is 5.35. The lowest BCUT2D eigenvalue weighted by Crippen LogP contribution is -2.02. The van der Waals surface area contributed by atoms with Gasteiger partial charge in [0, 0.05) is 16.7 Å². The fraction of sp³-hybridized carbons (Fsp3) is 0.192. The minimum Gasteiger partial charge on any atom is -0.507 e. The van der Waals surface area contributed by atoms with Crippen LogP contribution in [0.1, 0.15) is 27.8 Å². The number of phenols is 1. The monoisotopic (exact) mass is 395 g/mol. The van der Waals surface area contributed by atoms with Gasteiger partial charge in [-0.2, -0.15) is 0 Å². The Bertz CT molecular complexity index is 1260. The Labute approximate surface area is 177 Å². The minimum absolute atomic E-state index is 0.188. The Balaban J connectivity index is 1.99. The minimum atomic E-state index is 0.188. The highest BCUT2D eigenvalue weighted by atomic mass is 16.3. The van der Waals surface area contributed by atoms with Crippen LogP contribution in [0.5, 0.6) is 5.75 Å². The summed E-state index contributed by atoms with van der Waals surface area (Å²) in [7, 11) is 0. The Morgan fingerprint density at radius 2 is 1.10 bits per heavy atom. The van der Waals surface area contributed by atoms with Crippen molar-refractivity contribution < 1.29 is 5.11 Å². The summed E-state index contributed by atoms with van der Waals surface area (Å²) in [6, 6.07) is 18.0. The number of hydrogen-bond donors (Lipinski definition) is 1. The van der Waals surface area contributed by atoms with Crippen LogP contribution >= 0.6 is 0 Å². The summed E-state index contributed by atoms with van der Waals surface area (Å²) in [6.07, 6.45) is 0. The molecular weight excluding hydrogens is 370 g/mol. The van der Waals surface area contributed by atoms with Crippen molar-refractivity contribution >= 4 is 0 Å². The molecular formula is C26H25N3O. The zero-order valence-corrected chi connectivity index (χ0v) is 18.0. The highest BCUT2D eigenvalue weighted by Gasteiger charge is 2.19. The lowest BCUT2D eigenvalue weighted by molar-refractivity contribution is 0.476. The Morgan fingerprint density at radius 1 is 0.567 bits per heavy atom. The standard InChI is InChI=1S/C26H25N3O/c1-15-6-9-20(18(4)12-15)25-24(22-11-8-17(3)14-23(22)30)27-26(29-28-25)21-10-7-16(2)13-19(21)5/h6-14,30H,1-5H3. The molecule has 4 nitrogen and oxygen atoms in total. The first kappa shape index (κ1) is 19.8. The van der Waals surface area contributed by atoms with Crippen molar-refractivity contribution in [2.45, 2.75) is 34.6 Å². The van der Waals surface area contributed by atoms with Gasteiger partial charge < -0.3 is 5.11 Å². The molecule has 4 heteroatoms. The van der Waals surface area contributed by atoms with Crippen molar-refractivity contribution in [3.63, 3.8) is 0 Å². The number of aromatic nitrogens is 3. The van der Waals surface area contributed by atoms with Gasteiger partial charge in [-0.3, -0.25) is 0 Å². The first-order chi connectivity index (χ1) is 14.3. The molecule has 0 spiro atoms. The molecule has 0 unspecified atom stereocenters. The maximum Gasteiger partial charge on any atom is 0.182 e. The van der Waals surface area contributed by atoms with Gasteiger partial charge >= 0.3 is 0 Å². The van der Waals surface area contributed by atoms with Crippen molar-refractivity contribution in [2.24, 2.45) is 0 Å². The fourth-order valence-electron chi connectivity index (χ4n) is 3.79. The number of benzene rings is 3. The number of aryl methyl sites for hydroxylation is 5. The van der Waals surface area contributed by atoms with Crippen molar-refractivity contribution in [3.8, 4) is 39.7 Å². The van der Waals surface area contributed by atoms with E-state index in [-0.39, 0.29) is 5.75 Å². The summed E-state index contributed by atoms with van der Waals surface area (Å²) in [4.78, 5) is 4.90. The third-order valence-electron chi connectivity index (χ3n) is 5.35. The van der Waals surface area contributed by atoms with Crippen LogP contribution in [0.15, 0.2) is 54.6 Å². The van der Waals surface area contributed by atoms with E-state index in [0.29, 0.717) is 22.8 Å². The van der Waals surface area contributed by atoms with Gasteiger partial charge in [-0.25, -0.2) is 4.98 Å². The van der Waals surface area contributed by atoms with Gasteiger partial charge in [0.05, 0.1) is 0 Å².